The number of hydrogen-bond donors (Lipinski definition) is 1. The van der Waals surface area contributed by atoms with Gasteiger partial charge in [0.25, 0.3) is 0 Å². The number of halogens is 3. The second-order valence-electron chi connectivity index (χ2n) is 6.88. The van der Waals surface area contributed by atoms with Crippen LogP contribution in [0.15, 0.2) is 42.5 Å². The van der Waals surface area contributed by atoms with E-state index in [0.29, 0.717) is 21.7 Å². The second-order valence-corrected chi connectivity index (χ2v) is 8.49. The van der Waals surface area contributed by atoms with E-state index < -0.39 is 0 Å². The monoisotopic (exact) mass is 471 g/mol. The molecule has 1 fully saturated rings. The van der Waals surface area contributed by atoms with Gasteiger partial charge in [-0.25, -0.2) is 0 Å². The Bertz CT molecular complexity index is 831. The highest BCUT2D eigenvalue weighted by Crippen LogP contribution is 2.25. The Morgan fingerprint density at radius 3 is 2.52 bits per heavy atom. The Kier molecular flexibility index (Phi) is 8.85. The number of rotatable bonds is 7. The summed E-state index contributed by atoms with van der Waals surface area (Å²) in [5.41, 5.74) is 1.85. The summed E-state index contributed by atoms with van der Waals surface area (Å²) in [4.78, 5) is 4.56. The van der Waals surface area contributed by atoms with E-state index in [9.17, 15) is 0 Å². The van der Waals surface area contributed by atoms with E-state index >= 15 is 0 Å². The van der Waals surface area contributed by atoms with Crippen molar-refractivity contribution < 1.29 is 4.74 Å². The molecule has 0 bridgehead atoms. The first kappa shape index (κ1) is 22.6. The first-order valence-corrected chi connectivity index (χ1v) is 11.1. The fourth-order valence-corrected chi connectivity index (χ4v) is 3.94. The lowest BCUT2D eigenvalue weighted by Gasteiger charge is -2.30. The molecule has 4 nitrogen and oxygen atoms in total. The van der Waals surface area contributed by atoms with Crippen LogP contribution in [0.1, 0.15) is 12.0 Å². The molecule has 1 aliphatic rings. The van der Waals surface area contributed by atoms with E-state index in [2.05, 4.69) is 15.1 Å². The van der Waals surface area contributed by atoms with Gasteiger partial charge >= 0.3 is 0 Å². The predicted molar refractivity (Wildman–Crippen MR) is 126 cm³/mol. The molecule has 3 rings (SSSR count). The molecule has 1 aliphatic heterocycles. The highest BCUT2D eigenvalue weighted by Gasteiger charge is 2.15. The van der Waals surface area contributed by atoms with Crippen LogP contribution in [0.2, 0.25) is 15.1 Å². The summed E-state index contributed by atoms with van der Waals surface area (Å²) >= 11 is 24.2. The van der Waals surface area contributed by atoms with E-state index in [1.54, 1.807) is 12.1 Å². The molecule has 0 atom stereocenters. The Hall–Kier alpha value is -1.08. The smallest absolute Gasteiger partial charge is 0.173 e. The molecule has 156 valence electrons. The normalized spacial score (nSPS) is 14.6. The van der Waals surface area contributed by atoms with Crippen molar-refractivity contribution in [1.29, 1.82) is 0 Å². The predicted octanol–water partition coefficient (Wildman–Crippen LogP) is 5.57. The zero-order valence-corrected chi connectivity index (χ0v) is 19.1. The number of hydrogen-bond acceptors (Lipinski definition) is 3. The molecule has 8 heteroatoms. The molecule has 0 saturated carbocycles. The van der Waals surface area contributed by atoms with Crippen LogP contribution >= 0.6 is 47.0 Å². The molecule has 0 spiro atoms. The van der Waals surface area contributed by atoms with E-state index in [4.69, 9.17) is 51.8 Å². The first-order chi connectivity index (χ1) is 14.0. The van der Waals surface area contributed by atoms with Gasteiger partial charge in [0.15, 0.2) is 5.11 Å². The van der Waals surface area contributed by atoms with Gasteiger partial charge in [-0.2, -0.15) is 0 Å². The van der Waals surface area contributed by atoms with Crippen LogP contribution in [0.25, 0.3) is 0 Å². The summed E-state index contributed by atoms with van der Waals surface area (Å²) in [5.74, 6) is 0. The Morgan fingerprint density at radius 1 is 1.03 bits per heavy atom. The summed E-state index contributed by atoms with van der Waals surface area (Å²) in [6.07, 6.45) is 0.994. The zero-order valence-electron chi connectivity index (χ0n) is 16.0. The van der Waals surface area contributed by atoms with Gasteiger partial charge in [-0.1, -0.05) is 53.0 Å². The number of thiocarbonyl (C=S) groups is 1. The highest BCUT2D eigenvalue weighted by atomic mass is 35.5. The Morgan fingerprint density at radius 2 is 1.79 bits per heavy atom. The van der Waals surface area contributed by atoms with Gasteiger partial charge in [0.2, 0.25) is 0 Å². The maximum atomic E-state index is 6.38. The third-order valence-corrected chi connectivity index (χ3v) is 6.25. The molecular weight excluding hydrogens is 449 g/mol. The second kappa shape index (κ2) is 11.3. The summed E-state index contributed by atoms with van der Waals surface area (Å²) in [6.45, 7) is 6.04. The minimum absolute atomic E-state index is 0.490. The van der Waals surface area contributed by atoms with Crippen LogP contribution in [0.5, 0.6) is 0 Å². The maximum Gasteiger partial charge on any atom is 0.173 e. The topological polar surface area (TPSA) is 27.7 Å². The maximum absolute atomic E-state index is 6.38. The summed E-state index contributed by atoms with van der Waals surface area (Å²) in [5, 5.41) is 5.65. The van der Waals surface area contributed by atoms with Crippen LogP contribution < -0.4 is 5.32 Å². The van der Waals surface area contributed by atoms with E-state index in [1.165, 1.54) is 0 Å². The molecule has 1 N–H and O–H groups in total. The van der Waals surface area contributed by atoms with Gasteiger partial charge in [-0.05, 0) is 48.5 Å². The van der Waals surface area contributed by atoms with Crippen molar-refractivity contribution in [1.82, 2.24) is 9.80 Å². The van der Waals surface area contributed by atoms with E-state index in [0.717, 1.165) is 62.1 Å². The third-order valence-electron chi connectivity index (χ3n) is 4.78. The molecular formula is C21H24Cl3N3OS. The molecule has 0 aliphatic carbocycles. The van der Waals surface area contributed by atoms with Crippen molar-refractivity contribution >= 4 is 57.8 Å². The first-order valence-electron chi connectivity index (χ1n) is 9.57. The zero-order chi connectivity index (χ0) is 20.6. The summed E-state index contributed by atoms with van der Waals surface area (Å²) in [7, 11) is 0. The van der Waals surface area contributed by atoms with Gasteiger partial charge in [-0.3, -0.25) is 4.90 Å². The number of nitrogens with zero attached hydrogens (tertiary/aromatic N) is 2. The van der Waals surface area contributed by atoms with Gasteiger partial charge in [-0.15, -0.1) is 0 Å². The average molecular weight is 473 g/mol. The molecule has 0 radical (unpaired) electrons. The van der Waals surface area contributed by atoms with Gasteiger partial charge in [0.1, 0.15) is 0 Å². The number of anilines is 1. The largest absolute Gasteiger partial charge is 0.379 e. The lowest BCUT2D eigenvalue weighted by Crippen LogP contribution is -2.40. The molecule has 2 aromatic carbocycles. The fourth-order valence-electron chi connectivity index (χ4n) is 3.17. The number of nitrogens with one attached hydrogen (secondary N) is 1. The molecule has 1 heterocycles. The van der Waals surface area contributed by atoms with Crippen molar-refractivity contribution in [2.45, 2.75) is 13.0 Å². The fraction of sp³-hybridized carbons (Fsp3) is 0.381. The number of benzene rings is 2. The number of ether oxygens (including phenoxy) is 1. The number of morpholine rings is 1. The standard InChI is InChI=1S/C21H24Cl3N3OS/c22-18-5-2-1-4-16(18)15-27(9-3-8-26-10-12-28-13-11-26)21(29)25-17-6-7-19(23)20(24)14-17/h1-2,4-7,14H,3,8-13,15H2,(H,25,29). The average Bonchev–Trinajstić information content (AvgIpc) is 2.72. The van der Waals surface area contributed by atoms with Crippen LogP contribution in [0.4, 0.5) is 5.69 Å². The van der Waals surface area contributed by atoms with Crippen LogP contribution in [0, 0.1) is 0 Å². The lowest BCUT2D eigenvalue weighted by molar-refractivity contribution is 0.0368. The SMILES string of the molecule is S=C(Nc1ccc(Cl)c(Cl)c1)N(CCCN1CCOCC1)Cc1ccccc1Cl. The van der Waals surface area contributed by atoms with Gasteiger partial charge in [0.05, 0.1) is 23.3 Å². The molecule has 0 amide bonds. The van der Waals surface area contributed by atoms with Crippen molar-refractivity contribution in [3.63, 3.8) is 0 Å². The Balaban J connectivity index is 1.65. The van der Waals surface area contributed by atoms with Crippen molar-refractivity contribution in [2.75, 3.05) is 44.7 Å². The minimum Gasteiger partial charge on any atom is -0.379 e. The highest BCUT2D eigenvalue weighted by molar-refractivity contribution is 7.80. The van der Waals surface area contributed by atoms with Crippen LogP contribution in [-0.2, 0) is 11.3 Å². The van der Waals surface area contributed by atoms with Gasteiger partial charge in [0, 0.05) is 43.4 Å². The van der Waals surface area contributed by atoms with Crippen LogP contribution in [0.3, 0.4) is 0 Å². The van der Waals surface area contributed by atoms with Crippen molar-refractivity contribution in [3.05, 3.63) is 63.1 Å². The van der Waals surface area contributed by atoms with Crippen molar-refractivity contribution in [3.8, 4) is 0 Å². The summed E-state index contributed by atoms with van der Waals surface area (Å²) < 4.78 is 5.42. The van der Waals surface area contributed by atoms with Crippen molar-refractivity contribution in [2.24, 2.45) is 0 Å². The Labute approximate surface area is 192 Å². The third kappa shape index (κ3) is 6.99. The van der Waals surface area contributed by atoms with Crippen LogP contribution in [-0.4, -0.2) is 54.3 Å². The summed E-state index contributed by atoms with van der Waals surface area (Å²) in [6, 6.07) is 13.2. The van der Waals surface area contributed by atoms with E-state index in [1.807, 2.05) is 30.3 Å². The minimum atomic E-state index is 0.490. The molecule has 29 heavy (non-hydrogen) atoms. The molecule has 0 aromatic heterocycles. The van der Waals surface area contributed by atoms with Gasteiger partial charge < -0.3 is 15.0 Å². The van der Waals surface area contributed by atoms with E-state index in [-0.39, 0.29) is 0 Å². The lowest BCUT2D eigenvalue weighted by atomic mass is 10.2. The molecule has 1 saturated heterocycles. The molecule has 2 aromatic rings. The molecule has 0 unspecified atom stereocenters. The quantitative estimate of drug-likeness (QED) is 0.532.